The zero-order valence-corrected chi connectivity index (χ0v) is 13.9. The van der Waals surface area contributed by atoms with E-state index in [1.165, 1.54) is 0 Å². The number of aliphatic imine (C=N–C) groups is 1. The molecule has 3 aromatic rings. The van der Waals surface area contributed by atoms with Crippen molar-refractivity contribution >= 4 is 28.9 Å². The molecule has 5 heteroatoms. The largest absolute Gasteiger partial charge is 0.299 e. The van der Waals surface area contributed by atoms with Gasteiger partial charge in [-0.25, -0.2) is 4.98 Å². The summed E-state index contributed by atoms with van der Waals surface area (Å²) in [5.41, 5.74) is 4.80. The van der Waals surface area contributed by atoms with Gasteiger partial charge in [-0.15, -0.1) is 0 Å². The second-order valence-electron chi connectivity index (χ2n) is 5.46. The SMILES string of the molecule is Cc1cnc2n1-c1ccc(Cl)cc1C(c1ccccc1Cl)=NC2. The van der Waals surface area contributed by atoms with E-state index in [4.69, 9.17) is 28.2 Å². The van der Waals surface area contributed by atoms with Crippen LogP contribution in [0.4, 0.5) is 0 Å². The van der Waals surface area contributed by atoms with Crippen molar-refractivity contribution in [1.82, 2.24) is 9.55 Å². The third kappa shape index (κ3) is 2.37. The van der Waals surface area contributed by atoms with E-state index >= 15 is 0 Å². The average Bonchev–Trinajstić information content (AvgIpc) is 2.82. The zero-order chi connectivity index (χ0) is 16.0. The van der Waals surface area contributed by atoms with Crippen LogP contribution < -0.4 is 0 Å². The number of imidazole rings is 1. The van der Waals surface area contributed by atoms with Gasteiger partial charge in [0.25, 0.3) is 0 Å². The van der Waals surface area contributed by atoms with Gasteiger partial charge in [-0.3, -0.25) is 9.56 Å². The Hall–Kier alpha value is -2.10. The highest BCUT2D eigenvalue weighted by Gasteiger charge is 2.22. The van der Waals surface area contributed by atoms with E-state index in [1.54, 1.807) is 0 Å². The Morgan fingerprint density at radius 2 is 1.87 bits per heavy atom. The summed E-state index contributed by atoms with van der Waals surface area (Å²) in [4.78, 5) is 9.26. The van der Waals surface area contributed by atoms with Crippen molar-refractivity contribution in [1.29, 1.82) is 0 Å². The molecule has 2 aromatic carbocycles. The standard InChI is InChI=1S/C18H13Cl2N3/c1-11-9-21-17-10-22-18(13-4-2-3-5-15(13)20)14-8-12(19)6-7-16(14)23(11)17/h2-9H,10H2,1H3. The van der Waals surface area contributed by atoms with Crippen molar-refractivity contribution in [3.63, 3.8) is 0 Å². The van der Waals surface area contributed by atoms with E-state index < -0.39 is 0 Å². The van der Waals surface area contributed by atoms with E-state index in [9.17, 15) is 0 Å². The van der Waals surface area contributed by atoms with Crippen molar-refractivity contribution in [2.24, 2.45) is 4.99 Å². The van der Waals surface area contributed by atoms with Crippen molar-refractivity contribution < 1.29 is 0 Å². The lowest BCUT2D eigenvalue weighted by molar-refractivity contribution is 0.863. The number of hydrogen-bond donors (Lipinski definition) is 0. The Balaban J connectivity index is 2.03. The third-order valence-corrected chi connectivity index (χ3v) is 4.54. The number of aryl methyl sites for hydroxylation is 1. The number of nitrogens with zero attached hydrogens (tertiary/aromatic N) is 3. The Morgan fingerprint density at radius 1 is 1.04 bits per heavy atom. The van der Waals surface area contributed by atoms with Gasteiger partial charge in [-0.1, -0.05) is 41.4 Å². The molecule has 0 saturated carbocycles. The number of halogens is 2. The number of benzene rings is 2. The Kier molecular flexibility index (Phi) is 3.47. The third-order valence-electron chi connectivity index (χ3n) is 3.97. The smallest absolute Gasteiger partial charge is 0.135 e. The first kappa shape index (κ1) is 14.5. The van der Waals surface area contributed by atoms with Gasteiger partial charge in [0.2, 0.25) is 0 Å². The molecule has 3 nitrogen and oxygen atoms in total. The summed E-state index contributed by atoms with van der Waals surface area (Å²) < 4.78 is 2.12. The maximum Gasteiger partial charge on any atom is 0.135 e. The molecule has 23 heavy (non-hydrogen) atoms. The van der Waals surface area contributed by atoms with Gasteiger partial charge in [0.15, 0.2) is 0 Å². The molecule has 1 aliphatic heterocycles. The Bertz CT molecular complexity index is 941. The lowest BCUT2D eigenvalue weighted by atomic mass is 10.0. The molecule has 0 spiro atoms. The molecular formula is C18H13Cl2N3. The topological polar surface area (TPSA) is 30.2 Å². The Labute approximate surface area is 144 Å². The molecular weight excluding hydrogens is 329 g/mol. The molecule has 0 amide bonds. The van der Waals surface area contributed by atoms with Crippen molar-refractivity contribution in [2.75, 3.05) is 0 Å². The fraction of sp³-hybridized carbons (Fsp3) is 0.111. The predicted molar refractivity (Wildman–Crippen MR) is 94.1 cm³/mol. The first-order valence-electron chi connectivity index (χ1n) is 7.28. The van der Waals surface area contributed by atoms with E-state index in [1.807, 2.05) is 55.6 Å². The van der Waals surface area contributed by atoms with Gasteiger partial charge in [-0.2, -0.15) is 0 Å². The summed E-state index contributed by atoms with van der Waals surface area (Å²) in [6, 6.07) is 13.6. The minimum atomic E-state index is 0.501. The molecule has 114 valence electrons. The van der Waals surface area contributed by atoms with Crippen LogP contribution in [0.25, 0.3) is 5.69 Å². The average molecular weight is 342 g/mol. The van der Waals surface area contributed by atoms with Gasteiger partial charge in [-0.05, 0) is 31.2 Å². The second-order valence-corrected chi connectivity index (χ2v) is 6.30. The maximum absolute atomic E-state index is 6.40. The van der Waals surface area contributed by atoms with Crippen LogP contribution in [0, 0.1) is 6.92 Å². The number of hydrogen-bond acceptors (Lipinski definition) is 2. The molecule has 1 aliphatic rings. The molecule has 2 heterocycles. The normalized spacial score (nSPS) is 13.1. The maximum atomic E-state index is 6.40. The lowest BCUT2D eigenvalue weighted by Crippen LogP contribution is -2.08. The minimum Gasteiger partial charge on any atom is -0.299 e. The van der Waals surface area contributed by atoms with Crippen LogP contribution in [0.1, 0.15) is 22.6 Å². The predicted octanol–water partition coefficient (Wildman–Crippen LogP) is 4.84. The molecule has 1 aromatic heterocycles. The van der Waals surface area contributed by atoms with E-state index in [2.05, 4.69) is 9.55 Å². The first-order chi connectivity index (χ1) is 11.1. The van der Waals surface area contributed by atoms with Crippen molar-refractivity contribution in [2.45, 2.75) is 13.5 Å². The van der Waals surface area contributed by atoms with Gasteiger partial charge < -0.3 is 0 Å². The highest BCUT2D eigenvalue weighted by molar-refractivity contribution is 6.36. The van der Waals surface area contributed by atoms with Crippen LogP contribution in [0.3, 0.4) is 0 Å². The molecule has 0 fully saturated rings. The summed E-state index contributed by atoms with van der Waals surface area (Å²) in [6.07, 6.45) is 1.86. The summed E-state index contributed by atoms with van der Waals surface area (Å²) >= 11 is 12.6. The van der Waals surface area contributed by atoms with Crippen molar-refractivity contribution in [3.05, 3.63) is 81.4 Å². The van der Waals surface area contributed by atoms with Gasteiger partial charge in [0.1, 0.15) is 5.82 Å². The molecule has 0 N–H and O–H groups in total. The van der Waals surface area contributed by atoms with Crippen LogP contribution in [0.2, 0.25) is 10.0 Å². The van der Waals surface area contributed by atoms with Gasteiger partial charge >= 0.3 is 0 Å². The summed E-state index contributed by atoms with van der Waals surface area (Å²) in [7, 11) is 0. The van der Waals surface area contributed by atoms with E-state index in [0.29, 0.717) is 16.6 Å². The summed E-state index contributed by atoms with van der Waals surface area (Å²) in [5.74, 6) is 0.910. The highest BCUT2D eigenvalue weighted by atomic mass is 35.5. The minimum absolute atomic E-state index is 0.501. The van der Waals surface area contributed by atoms with Gasteiger partial charge in [0.05, 0.1) is 17.9 Å². The molecule has 0 radical (unpaired) electrons. The first-order valence-corrected chi connectivity index (χ1v) is 8.03. The second kappa shape index (κ2) is 5.52. The zero-order valence-electron chi connectivity index (χ0n) is 12.4. The van der Waals surface area contributed by atoms with Gasteiger partial charge in [0, 0.05) is 33.1 Å². The molecule has 0 atom stereocenters. The molecule has 0 unspecified atom stereocenters. The van der Waals surface area contributed by atoms with Crippen LogP contribution in [-0.4, -0.2) is 15.3 Å². The van der Waals surface area contributed by atoms with Crippen LogP contribution in [0.15, 0.2) is 53.7 Å². The molecule has 0 aliphatic carbocycles. The van der Waals surface area contributed by atoms with Crippen LogP contribution in [-0.2, 0) is 6.54 Å². The number of aromatic nitrogens is 2. The lowest BCUT2D eigenvalue weighted by Gasteiger charge is -2.14. The van der Waals surface area contributed by atoms with Crippen LogP contribution in [0.5, 0.6) is 0 Å². The fourth-order valence-corrected chi connectivity index (χ4v) is 3.34. The quantitative estimate of drug-likeness (QED) is 0.622. The van der Waals surface area contributed by atoms with Crippen molar-refractivity contribution in [3.8, 4) is 5.69 Å². The highest BCUT2D eigenvalue weighted by Crippen LogP contribution is 2.30. The van der Waals surface area contributed by atoms with Crippen LogP contribution >= 0.6 is 23.2 Å². The fourth-order valence-electron chi connectivity index (χ4n) is 2.94. The molecule has 0 saturated heterocycles. The number of fused-ring (bicyclic) bond motifs is 3. The van der Waals surface area contributed by atoms with E-state index in [-0.39, 0.29) is 0 Å². The molecule has 0 bridgehead atoms. The monoisotopic (exact) mass is 341 g/mol. The Morgan fingerprint density at radius 3 is 2.70 bits per heavy atom. The number of rotatable bonds is 1. The summed E-state index contributed by atoms with van der Waals surface area (Å²) in [5, 5.41) is 1.35. The summed E-state index contributed by atoms with van der Waals surface area (Å²) in [6.45, 7) is 2.54. The molecule has 4 rings (SSSR count). The van der Waals surface area contributed by atoms with E-state index in [0.717, 1.165) is 34.0 Å².